The van der Waals surface area contributed by atoms with Crippen LogP contribution in [-0.4, -0.2) is 23.1 Å². The van der Waals surface area contributed by atoms with Gasteiger partial charge < -0.3 is 15.4 Å². The Morgan fingerprint density at radius 2 is 1.86 bits per heavy atom. The SMILES string of the molecule is Cc1ccc(CNC(=O)c2cc(F)cc(B(O)O)c2)cc1. The van der Waals surface area contributed by atoms with E-state index in [1.165, 1.54) is 6.07 Å². The molecule has 0 unspecified atom stereocenters. The Morgan fingerprint density at radius 3 is 2.48 bits per heavy atom. The lowest BCUT2D eigenvalue weighted by Gasteiger charge is -2.08. The zero-order chi connectivity index (χ0) is 15.4. The minimum absolute atomic E-state index is 0.0465. The largest absolute Gasteiger partial charge is 0.488 e. The molecule has 0 saturated heterocycles. The number of nitrogens with one attached hydrogen (secondary N) is 1. The topological polar surface area (TPSA) is 69.6 Å². The molecular weight excluding hydrogens is 272 g/mol. The molecule has 108 valence electrons. The first-order valence-electron chi connectivity index (χ1n) is 6.46. The summed E-state index contributed by atoms with van der Waals surface area (Å²) in [6.07, 6.45) is 0. The molecule has 0 bridgehead atoms. The molecule has 1 amide bonds. The number of carbonyl (C=O) groups is 1. The van der Waals surface area contributed by atoms with Crippen LogP contribution in [0.5, 0.6) is 0 Å². The summed E-state index contributed by atoms with van der Waals surface area (Å²) < 4.78 is 13.4. The van der Waals surface area contributed by atoms with Gasteiger partial charge in [0, 0.05) is 12.1 Å². The average molecular weight is 287 g/mol. The summed E-state index contributed by atoms with van der Waals surface area (Å²) >= 11 is 0. The van der Waals surface area contributed by atoms with Crippen molar-refractivity contribution in [1.29, 1.82) is 0 Å². The third kappa shape index (κ3) is 4.14. The van der Waals surface area contributed by atoms with E-state index in [0.29, 0.717) is 6.54 Å². The highest BCUT2D eigenvalue weighted by Crippen LogP contribution is 2.05. The monoisotopic (exact) mass is 287 g/mol. The summed E-state index contributed by atoms with van der Waals surface area (Å²) in [4.78, 5) is 12.0. The molecule has 2 aromatic rings. The highest BCUT2D eigenvalue weighted by Gasteiger charge is 2.16. The van der Waals surface area contributed by atoms with Crippen LogP contribution in [0.3, 0.4) is 0 Å². The van der Waals surface area contributed by atoms with Crippen molar-refractivity contribution in [2.45, 2.75) is 13.5 Å². The normalized spacial score (nSPS) is 10.3. The second-order valence-electron chi connectivity index (χ2n) is 4.82. The van der Waals surface area contributed by atoms with Crippen LogP contribution in [0.4, 0.5) is 4.39 Å². The predicted octanol–water partition coefficient (Wildman–Crippen LogP) is 0.744. The Kier molecular flexibility index (Phi) is 4.72. The Labute approximate surface area is 122 Å². The van der Waals surface area contributed by atoms with Gasteiger partial charge in [-0.2, -0.15) is 0 Å². The van der Waals surface area contributed by atoms with Crippen molar-refractivity contribution < 1.29 is 19.2 Å². The molecule has 0 aliphatic carbocycles. The Hall–Kier alpha value is -2.18. The van der Waals surface area contributed by atoms with Gasteiger partial charge in [0.25, 0.3) is 5.91 Å². The van der Waals surface area contributed by atoms with Gasteiger partial charge in [0.05, 0.1) is 0 Å². The minimum Gasteiger partial charge on any atom is -0.423 e. The second-order valence-corrected chi connectivity index (χ2v) is 4.82. The van der Waals surface area contributed by atoms with Gasteiger partial charge in [-0.25, -0.2) is 4.39 Å². The third-order valence-corrected chi connectivity index (χ3v) is 3.05. The molecule has 0 aliphatic heterocycles. The van der Waals surface area contributed by atoms with Crippen LogP contribution < -0.4 is 10.8 Å². The molecule has 0 spiro atoms. The fraction of sp³-hybridized carbons (Fsp3) is 0.133. The van der Waals surface area contributed by atoms with E-state index in [9.17, 15) is 9.18 Å². The third-order valence-electron chi connectivity index (χ3n) is 3.05. The van der Waals surface area contributed by atoms with E-state index >= 15 is 0 Å². The highest BCUT2D eigenvalue weighted by molar-refractivity contribution is 6.58. The standard InChI is InChI=1S/C15H15BFNO3/c1-10-2-4-11(5-3-10)9-18-15(19)12-6-13(16(20)21)8-14(17)7-12/h2-8,20-21H,9H2,1H3,(H,18,19). The van der Waals surface area contributed by atoms with Crippen LogP contribution in [0.15, 0.2) is 42.5 Å². The van der Waals surface area contributed by atoms with E-state index in [2.05, 4.69) is 5.32 Å². The van der Waals surface area contributed by atoms with Gasteiger partial charge >= 0.3 is 7.12 Å². The molecule has 21 heavy (non-hydrogen) atoms. The predicted molar refractivity (Wildman–Crippen MR) is 78.6 cm³/mol. The first-order chi connectivity index (χ1) is 9.95. The summed E-state index contributed by atoms with van der Waals surface area (Å²) in [7, 11) is -1.82. The van der Waals surface area contributed by atoms with Crippen LogP contribution in [-0.2, 0) is 6.54 Å². The number of hydrogen-bond acceptors (Lipinski definition) is 3. The van der Waals surface area contributed by atoms with Crippen LogP contribution in [0, 0.1) is 12.7 Å². The fourth-order valence-electron chi connectivity index (χ4n) is 1.88. The number of carbonyl (C=O) groups excluding carboxylic acids is 1. The van der Waals surface area contributed by atoms with Crippen molar-refractivity contribution in [1.82, 2.24) is 5.32 Å². The molecule has 6 heteroatoms. The van der Waals surface area contributed by atoms with Crippen molar-refractivity contribution in [3.8, 4) is 0 Å². The highest BCUT2D eigenvalue weighted by atomic mass is 19.1. The van der Waals surface area contributed by atoms with Gasteiger partial charge in [-0.3, -0.25) is 4.79 Å². The fourth-order valence-corrected chi connectivity index (χ4v) is 1.88. The number of amides is 1. The van der Waals surface area contributed by atoms with Gasteiger partial charge in [0.15, 0.2) is 0 Å². The zero-order valence-electron chi connectivity index (χ0n) is 11.5. The van der Waals surface area contributed by atoms with E-state index in [4.69, 9.17) is 10.0 Å². The molecule has 0 heterocycles. The molecule has 4 nitrogen and oxygen atoms in total. The maximum Gasteiger partial charge on any atom is 0.488 e. The van der Waals surface area contributed by atoms with Crippen LogP contribution in [0.2, 0.25) is 0 Å². The first-order valence-corrected chi connectivity index (χ1v) is 6.46. The molecular formula is C15H15BFNO3. The number of rotatable bonds is 4. The lowest BCUT2D eigenvalue weighted by atomic mass is 9.79. The van der Waals surface area contributed by atoms with E-state index in [-0.39, 0.29) is 11.0 Å². The van der Waals surface area contributed by atoms with E-state index in [1.54, 1.807) is 0 Å². The maximum atomic E-state index is 13.4. The van der Waals surface area contributed by atoms with E-state index < -0.39 is 18.8 Å². The minimum atomic E-state index is -1.82. The summed E-state index contributed by atoms with van der Waals surface area (Å²) in [5.41, 5.74) is 2.03. The molecule has 0 atom stereocenters. The summed E-state index contributed by atoms with van der Waals surface area (Å²) in [5, 5.41) is 20.8. The van der Waals surface area contributed by atoms with Crippen molar-refractivity contribution >= 4 is 18.5 Å². The molecule has 0 aromatic heterocycles. The zero-order valence-corrected chi connectivity index (χ0v) is 11.5. The summed E-state index contributed by atoms with van der Waals surface area (Å²) in [6.45, 7) is 2.28. The van der Waals surface area contributed by atoms with Gasteiger partial charge in [-0.1, -0.05) is 29.8 Å². The summed E-state index contributed by atoms with van der Waals surface area (Å²) in [6, 6.07) is 10.9. The van der Waals surface area contributed by atoms with Crippen LogP contribution in [0.25, 0.3) is 0 Å². The Balaban J connectivity index is 2.08. The Bertz CT molecular complexity index is 644. The number of hydrogen-bond donors (Lipinski definition) is 3. The van der Waals surface area contributed by atoms with Crippen molar-refractivity contribution in [2.24, 2.45) is 0 Å². The Morgan fingerprint density at radius 1 is 1.19 bits per heavy atom. The first kappa shape index (κ1) is 15.2. The van der Waals surface area contributed by atoms with Gasteiger partial charge in [0.1, 0.15) is 5.82 Å². The molecule has 2 rings (SSSR count). The number of benzene rings is 2. The van der Waals surface area contributed by atoms with Gasteiger partial charge in [-0.05, 0) is 36.1 Å². The molecule has 0 radical (unpaired) electrons. The molecule has 3 N–H and O–H groups in total. The van der Waals surface area contributed by atoms with Crippen molar-refractivity contribution in [3.05, 3.63) is 65.0 Å². The van der Waals surface area contributed by atoms with Crippen LogP contribution >= 0.6 is 0 Å². The van der Waals surface area contributed by atoms with E-state index in [1.807, 2.05) is 31.2 Å². The van der Waals surface area contributed by atoms with Crippen molar-refractivity contribution in [3.63, 3.8) is 0 Å². The second kappa shape index (κ2) is 6.52. The molecule has 0 saturated carbocycles. The van der Waals surface area contributed by atoms with E-state index in [0.717, 1.165) is 23.3 Å². The molecule has 0 aliphatic rings. The number of aryl methyl sites for hydroxylation is 1. The average Bonchev–Trinajstić information content (AvgIpc) is 2.45. The van der Waals surface area contributed by atoms with Crippen molar-refractivity contribution in [2.75, 3.05) is 0 Å². The lowest BCUT2D eigenvalue weighted by molar-refractivity contribution is 0.0950. The van der Waals surface area contributed by atoms with Gasteiger partial charge in [0.2, 0.25) is 0 Å². The quantitative estimate of drug-likeness (QED) is 0.727. The molecule has 0 fully saturated rings. The summed E-state index contributed by atoms with van der Waals surface area (Å²) in [5.74, 6) is -1.17. The van der Waals surface area contributed by atoms with Crippen LogP contribution in [0.1, 0.15) is 21.5 Å². The molecule has 2 aromatic carbocycles. The number of halogens is 1. The lowest BCUT2D eigenvalue weighted by Crippen LogP contribution is -2.32. The van der Waals surface area contributed by atoms with Gasteiger partial charge in [-0.15, -0.1) is 0 Å². The maximum absolute atomic E-state index is 13.4. The smallest absolute Gasteiger partial charge is 0.423 e.